The van der Waals surface area contributed by atoms with Crippen molar-refractivity contribution in [1.29, 1.82) is 0 Å². The maximum absolute atomic E-state index is 13.2. The molecule has 0 spiro atoms. The Labute approximate surface area is 90.4 Å². The van der Waals surface area contributed by atoms with Gasteiger partial charge in [-0.2, -0.15) is 0 Å². The van der Waals surface area contributed by atoms with E-state index in [0.29, 0.717) is 22.7 Å². The maximum Gasteiger partial charge on any atom is 0.162 e. The highest BCUT2D eigenvalue weighted by Gasteiger charge is 2.29. The number of hydrogen-bond donors (Lipinski definition) is 0. The highest BCUT2D eigenvalue weighted by atomic mass is 79.9. The topological polar surface area (TPSA) is 0 Å². The average Bonchev–Trinajstić information content (AvgIpc) is 2.95. The van der Waals surface area contributed by atoms with Crippen LogP contribution in [0.4, 0.5) is 8.78 Å². The molecule has 0 amide bonds. The van der Waals surface area contributed by atoms with E-state index in [2.05, 4.69) is 15.9 Å². The van der Waals surface area contributed by atoms with Crippen molar-refractivity contribution < 1.29 is 8.78 Å². The van der Waals surface area contributed by atoms with E-state index in [4.69, 9.17) is 0 Å². The van der Waals surface area contributed by atoms with Crippen LogP contribution in [0, 0.1) is 17.6 Å². The third kappa shape index (κ3) is 2.14. The summed E-state index contributed by atoms with van der Waals surface area (Å²) in [7, 11) is 0. The van der Waals surface area contributed by atoms with Crippen LogP contribution in [0.3, 0.4) is 0 Å². The Morgan fingerprint density at radius 1 is 1.36 bits per heavy atom. The van der Waals surface area contributed by atoms with Crippen LogP contribution in [0.15, 0.2) is 18.2 Å². The first-order chi connectivity index (χ1) is 6.68. The fraction of sp³-hybridized carbons (Fsp3) is 0.455. The van der Waals surface area contributed by atoms with E-state index in [1.165, 1.54) is 12.8 Å². The molecular weight excluding hydrogens is 250 g/mol. The van der Waals surface area contributed by atoms with Gasteiger partial charge in [0.2, 0.25) is 0 Å². The first-order valence-electron chi connectivity index (χ1n) is 4.75. The molecule has 14 heavy (non-hydrogen) atoms. The lowest BCUT2D eigenvalue weighted by Gasteiger charge is -2.08. The summed E-state index contributed by atoms with van der Waals surface area (Å²) in [5.74, 6) is -0.798. The molecule has 76 valence electrons. The number of hydrogen-bond acceptors (Lipinski definition) is 0. The van der Waals surface area contributed by atoms with Crippen molar-refractivity contribution in [3.63, 3.8) is 0 Å². The van der Waals surface area contributed by atoms with Crippen LogP contribution in [0.1, 0.15) is 18.4 Å². The molecule has 1 aromatic carbocycles. The third-order valence-electron chi connectivity index (χ3n) is 2.58. The molecule has 1 aliphatic rings. The Morgan fingerprint density at radius 2 is 2.07 bits per heavy atom. The van der Waals surface area contributed by atoms with Gasteiger partial charge in [-0.3, -0.25) is 0 Å². The fourth-order valence-corrected chi connectivity index (χ4v) is 2.42. The summed E-state index contributed by atoms with van der Waals surface area (Å²) in [5, 5.41) is 0. The molecule has 2 rings (SSSR count). The SMILES string of the molecule is Fc1cccc(CC(Br)C2CC2)c1F. The maximum atomic E-state index is 13.2. The highest BCUT2D eigenvalue weighted by molar-refractivity contribution is 9.09. The second kappa shape index (κ2) is 3.97. The summed E-state index contributed by atoms with van der Waals surface area (Å²) in [6, 6.07) is 4.36. The zero-order valence-corrected chi connectivity index (χ0v) is 9.23. The van der Waals surface area contributed by atoms with Gasteiger partial charge in [0, 0.05) is 4.83 Å². The van der Waals surface area contributed by atoms with Gasteiger partial charge in [-0.1, -0.05) is 28.1 Å². The Hall–Kier alpha value is -0.440. The van der Waals surface area contributed by atoms with Crippen LogP contribution in [0.5, 0.6) is 0 Å². The van der Waals surface area contributed by atoms with Crippen molar-refractivity contribution in [2.45, 2.75) is 24.1 Å². The van der Waals surface area contributed by atoms with Gasteiger partial charge in [-0.15, -0.1) is 0 Å². The minimum Gasteiger partial charge on any atom is -0.204 e. The predicted molar refractivity (Wildman–Crippen MR) is 55.5 cm³/mol. The predicted octanol–water partition coefficient (Wildman–Crippen LogP) is 3.68. The number of alkyl halides is 1. The Balaban J connectivity index is 2.11. The summed E-state index contributed by atoms with van der Waals surface area (Å²) in [5.41, 5.74) is 0.471. The van der Waals surface area contributed by atoms with E-state index >= 15 is 0 Å². The van der Waals surface area contributed by atoms with Gasteiger partial charge in [0.1, 0.15) is 0 Å². The number of halogens is 3. The summed E-state index contributed by atoms with van der Waals surface area (Å²) < 4.78 is 26.1. The van der Waals surface area contributed by atoms with Gasteiger partial charge in [-0.05, 0) is 36.8 Å². The van der Waals surface area contributed by atoms with E-state index in [0.717, 1.165) is 6.07 Å². The van der Waals surface area contributed by atoms with Gasteiger partial charge < -0.3 is 0 Å². The molecule has 1 unspecified atom stereocenters. The summed E-state index contributed by atoms with van der Waals surface area (Å²) in [6.45, 7) is 0. The van der Waals surface area contributed by atoms with Crippen molar-refractivity contribution in [3.05, 3.63) is 35.4 Å². The van der Waals surface area contributed by atoms with E-state index in [1.807, 2.05) is 0 Å². The largest absolute Gasteiger partial charge is 0.204 e. The lowest BCUT2D eigenvalue weighted by Crippen LogP contribution is -2.07. The summed E-state index contributed by atoms with van der Waals surface area (Å²) in [6.07, 6.45) is 2.98. The van der Waals surface area contributed by atoms with E-state index in [9.17, 15) is 8.78 Å². The Bertz CT molecular complexity index is 334. The molecule has 3 heteroatoms. The van der Waals surface area contributed by atoms with Crippen molar-refractivity contribution in [2.75, 3.05) is 0 Å². The molecule has 1 atom stereocenters. The second-order valence-electron chi connectivity index (χ2n) is 3.77. The molecule has 1 aromatic rings. The van der Waals surface area contributed by atoms with Crippen LogP contribution in [-0.4, -0.2) is 4.83 Å². The van der Waals surface area contributed by atoms with Gasteiger partial charge >= 0.3 is 0 Å². The molecule has 0 saturated heterocycles. The second-order valence-corrected chi connectivity index (χ2v) is 4.95. The van der Waals surface area contributed by atoms with Crippen LogP contribution in [-0.2, 0) is 6.42 Å². The third-order valence-corrected chi connectivity index (χ3v) is 3.65. The summed E-state index contributed by atoms with van der Waals surface area (Å²) >= 11 is 3.51. The molecule has 0 aliphatic heterocycles. The first-order valence-corrected chi connectivity index (χ1v) is 5.67. The average molecular weight is 261 g/mol. The molecule has 1 aliphatic carbocycles. The highest BCUT2D eigenvalue weighted by Crippen LogP contribution is 2.38. The molecule has 1 saturated carbocycles. The number of rotatable bonds is 3. The molecular formula is C11H11BrF2. The van der Waals surface area contributed by atoms with Gasteiger partial charge in [0.05, 0.1) is 0 Å². The minimum atomic E-state index is -0.752. The van der Waals surface area contributed by atoms with Gasteiger partial charge in [0.15, 0.2) is 11.6 Å². The molecule has 0 radical (unpaired) electrons. The lowest BCUT2D eigenvalue weighted by molar-refractivity contribution is 0.497. The zero-order chi connectivity index (χ0) is 10.1. The first kappa shape index (κ1) is 10.1. The lowest BCUT2D eigenvalue weighted by atomic mass is 10.1. The Kier molecular flexibility index (Phi) is 2.86. The smallest absolute Gasteiger partial charge is 0.162 e. The van der Waals surface area contributed by atoms with E-state index < -0.39 is 11.6 Å². The van der Waals surface area contributed by atoms with Crippen LogP contribution in [0.25, 0.3) is 0 Å². The van der Waals surface area contributed by atoms with Gasteiger partial charge in [-0.25, -0.2) is 8.78 Å². The van der Waals surface area contributed by atoms with Crippen molar-refractivity contribution in [1.82, 2.24) is 0 Å². The normalized spacial score (nSPS) is 18.2. The quantitative estimate of drug-likeness (QED) is 0.728. The van der Waals surface area contributed by atoms with Crippen LogP contribution < -0.4 is 0 Å². The van der Waals surface area contributed by atoms with Crippen molar-refractivity contribution in [2.24, 2.45) is 5.92 Å². The van der Waals surface area contributed by atoms with Crippen molar-refractivity contribution in [3.8, 4) is 0 Å². The fourth-order valence-electron chi connectivity index (χ4n) is 1.54. The molecule has 0 N–H and O–H groups in total. The standard InChI is InChI=1S/C11H11BrF2/c12-9(7-4-5-7)6-8-2-1-3-10(13)11(8)14/h1-3,7,9H,4-6H2. The van der Waals surface area contributed by atoms with E-state index in [-0.39, 0.29) is 0 Å². The Morgan fingerprint density at radius 3 is 2.71 bits per heavy atom. The molecule has 0 bridgehead atoms. The molecule has 1 fully saturated rings. The zero-order valence-electron chi connectivity index (χ0n) is 7.64. The molecule has 0 heterocycles. The van der Waals surface area contributed by atoms with Crippen LogP contribution >= 0.6 is 15.9 Å². The summed E-state index contributed by atoms with van der Waals surface area (Å²) in [4.78, 5) is 0.291. The number of benzene rings is 1. The van der Waals surface area contributed by atoms with Crippen molar-refractivity contribution >= 4 is 15.9 Å². The van der Waals surface area contributed by atoms with Crippen LogP contribution in [0.2, 0.25) is 0 Å². The monoisotopic (exact) mass is 260 g/mol. The van der Waals surface area contributed by atoms with E-state index in [1.54, 1.807) is 12.1 Å². The molecule has 0 nitrogen and oxygen atoms in total. The molecule has 0 aromatic heterocycles. The minimum absolute atomic E-state index is 0.291. The van der Waals surface area contributed by atoms with Gasteiger partial charge in [0.25, 0.3) is 0 Å².